The van der Waals surface area contributed by atoms with E-state index < -0.39 is 0 Å². The Bertz CT molecular complexity index is 907. The number of methoxy groups -OCH3 is 1. The first-order valence-electron chi connectivity index (χ1n) is 8.91. The van der Waals surface area contributed by atoms with E-state index in [0.717, 1.165) is 34.7 Å². The molecule has 27 heavy (non-hydrogen) atoms. The van der Waals surface area contributed by atoms with Crippen LogP contribution in [-0.2, 0) is 13.0 Å². The van der Waals surface area contributed by atoms with Crippen molar-refractivity contribution in [2.45, 2.75) is 19.9 Å². The van der Waals surface area contributed by atoms with Crippen molar-refractivity contribution in [2.75, 3.05) is 17.7 Å². The Kier molecular flexibility index (Phi) is 6.05. The molecule has 0 spiro atoms. The third-order valence-electron chi connectivity index (χ3n) is 4.29. The Labute approximate surface area is 159 Å². The highest BCUT2D eigenvalue weighted by molar-refractivity contribution is 6.03. The summed E-state index contributed by atoms with van der Waals surface area (Å²) in [4.78, 5) is 16.8. The lowest BCUT2D eigenvalue weighted by Gasteiger charge is -2.11. The number of hydrogen-bond donors (Lipinski definition) is 2. The lowest BCUT2D eigenvalue weighted by Crippen LogP contribution is -2.15. The van der Waals surface area contributed by atoms with Gasteiger partial charge in [-0.3, -0.25) is 9.78 Å². The Hall–Kier alpha value is -3.34. The number of carbonyl (C=O) groups excluding carboxylic acids is 1. The average Bonchev–Trinajstić information content (AvgIpc) is 2.73. The SMILES string of the molecule is CCc1ccccc1NC(=O)c1cc(NCc2ccc(OC)cc2)ccn1. The summed E-state index contributed by atoms with van der Waals surface area (Å²) in [5.74, 6) is 0.609. The van der Waals surface area contributed by atoms with Crippen molar-refractivity contribution < 1.29 is 9.53 Å². The maximum Gasteiger partial charge on any atom is 0.274 e. The first-order valence-corrected chi connectivity index (χ1v) is 8.91. The number of aryl methyl sites for hydroxylation is 1. The van der Waals surface area contributed by atoms with Gasteiger partial charge >= 0.3 is 0 Å². The van der Waals surface area contributed by atoms with Crippen molar-refractivity contribution >= 4 is 17.3 Å². The summed E-state index contributed by atoms with van der Waals surface area (Å²) in [5.41, 5.74) is 4.26. The number of amides is 1. The van der Waals surface area contributed by atoms with Gasteiger partial charge in [-0.2, -0.15) is 0 Å². The van der Waals surface area contributed by atoms with Crippen molar-refractivity contribution in [3.05, 3.63) is 83.7 Å². The molecule has 0 atom stereocenters. The molecule has 3 aromatic rings. The van der Waals surface area contributed by atoms with Crippen molar-refractivity contribution in [1.29, 1.82) is 0 Å². The molecule has 0 bridgehead atoms. The Morgan fingerprint density at radius 3 is 2.59 bits per heavy atom. The third-order valence-corrected chi connectivity index (χ3v) is 4.29. The van der Waals surface area contributed by atoms with Crippen LogP contribution in [0.15, 0.2) is 66.9 Å². The normalized spacial score (nSPS) is 10.3. The van der Waals surface area contributed by atoms with Crippen LogP contribution in [0.3, 0.4) is 0 Å². The highest BCUT2D eigenvalue weighted by Gasteiger charge is 2.10. The molecule has 0 saturated heterocycles. The van der Waals surface area contributed by atoms with Crippen molar-refractivity contribution in [1.82, 2.24) is 4.98 Å². The molecule has 2 N–H and O–H groups in total. The minimum Gasteiger partial charge on any atom is -0.497 e. The number of ether oxygens (including phenoxy) is 1. The van der Waals surface area contributed by atoms with Crippen LogP contribution < -0.4 is 15.4 Å². The summed E-state index contributed by atoms with van der Waals surface area (Å²) in [6.07, 6.45) is 2.49. The van der Waals surface area contributed by atoms with Crippen molar-refractivity contribution in [3.63, 3.8) is 0 Å². The molecule has 138 valence electrons. The van der Waals surface area contributed by atoms with E-state index >= 15 is 0 Å². The second-order valence-corrected chi connectivity index (χ2v) is 6.10. The zero-order valence-corrected chi connectivity index (χ0v) is 15.5. The zero-order valence-electron chi connectivity index (χ0n) is 15.5. The summed E-state index contributed by atoms with van der Waals surface area (Å²) >= 11 is 0. The monoisotopic (exact) mass is 361 g/mol. The maximum absolute atomic E-state index is 12.6. The van der Waals surface area contributed by atoms with Crippen LogP contribution in [0.4, 0.5) is 11.4 Å². The fraction of sp³-hybridized carbons (Fsp3) is 0.182. The molecule has 0 radical (unpaired) electrons. The van der Waals surface area contributed by atoms with Crippen LogP contribution in [0.25, 0.3) is 0 Å². The van der Waals surface area contributed by atoms with Crippen LogP contribution in [0.5, 0.6) is 5.75 Å². The molecule has 5 nitrogen and oxygen atoms in total. The molecule has 0 aliphatic rings. The van der Waals surface area contributed by atoms with Crippen molar-refractivity contribution in [2.24, 2.45) is 0 Å². The van der Waals surface area contributed by atoms with E-state index in [1.165, 1.54) is 0 Å². The van der Waals surface area contributed by atoms with E-state index in [9.17, 15) is 4.79 Å². The number of nitrogens with one attached hydrogen (secondary N) is 2. The second-order valence-electron chi connectivity index (χ2n) is 6.10. The van der Waals surface area contributed by atoms with Gasteiger partial charge in [0.2, 0.25) is 0 Å². The molecule has 1 amide bonds. The van der Waals surface area contributed by atoms with Gasteiger partial charge in [0.1, 0.15) is 11.4 Å². The first-order chi connectivity index (χ1) is 13.2. The van der Waals surface area contributed by atoms with Gasteiger partial charge in [-0.25, -0.2) is 0 Å². The topological polar surface area (TPSA) is 63.2 Å². The fourth-order valence-electron chi connectivity index (χ4n) is 2.75. The van der Waals surface area contributed by atoms with Crippen LogP contribution in [0, 0.1) is 0 Å². The minimum atomic E-state index is -0.219. The number of rotatable bonds is 7. The lowest BCUT2D eigenvalue weighted by molar-refractivity contribution is 0.102. The van der Waals surface area contributed by atoms with Crippen LogP contribution in [0.2, 0.25) is 0 Å². The number of benzene rings is 2. The third kappa shape index (κ3) is 4.85. The number of pyridine rings is 1. The summed E-state index contributed by atoms with van der Waals surface area (Å²) in [5, 5.41) is 6.27. The molecule has 0 fully saturated rings. The van der Waals surface area contributed by atoms with Crippen LogP contribution >= 0.6 is 0 Å². The summed E-state index contributed by atoms with van der Waals surface area (Å²) in [6, 6.07) is 19.3. The summed E-state index contributed by atoms with van der Waals surface area (Å²) < 4.78 is 5.17. The van der Waals surface area contributed by atoms with Crippen molar-refractivity contribution in [3.8, 4) is 5.75 Å². The van der Waals surface area contributed by atoms with Gasteiger partial charge in [-0.05, 0) is 47.9 Å². The molecule has 2 aromatic carbocycles. The molecule has 5 heteroatoms. The van der Waals surface area contributed by atoms with E-state index in [2.05, 4.69) is 22.5 Å². The Morgan fingerprint density at radius 2 is 1.85 bits per heavy atom. The smallest absolute Gasteiger partial charge is 0.274 e. The van der Waals surface area contributed by atoms with Crippen LogP contribution in [-0.4, -0.2) is 18.0 Å². The Morgan fingerprint density at radius 1 is 1.07 bits per heavy atom. The molecular formula is C22H23N3O2. The number of nitrogens with zero attached hydrogens (tertiary/aromatic N) is 1. The highest BCUT2D eigenvalue weighted by atomic mass is 16.5. The number of para-hydroxylation sites is 1. The average molecular weight is 361 g/mol. The molecule has 0 unspecified atom stereocenters. The highest BCUT2D eigenvalue weighted by Crippen LogP contribution is 2.18. The first kappa shape index (κ1) is 18.5. The van der Waals surface area contributed by atoms with Gasteiger partial charge in [0, 0.05) is 24.1 Å². The van der Waals surface area contributed by atoms with E-state index in [4.69, 9.17) is 4.74 Å². The van der Waals surface area contributed by atoms with E-state index in [1.54, 1.807) is 19.4 Å². The standard InChI is InChI=1S/C22H23N3O2/c1-3-17-6-4-5-7-20(17)25-22(26)21-14-18(12-13-23-21)24-15-16-8-10-19(27-2)11-9-16/h4-14H,3,15H2,1-2H3,(H,23,24)(H,25,26). The predicted molar refractivity (Wildman–Crippen MR) is 108 cm³/mol. The molecule has 1 heterocycles. The fourth-order valence-corrected chi connectivity index (χ4v) is 2.75. The number of aromatic nitrogens is 1. The molecule has 0 aliphatic carbocycles. The van der Waals surface area contributed by atoms with Gasteiger partial charge < -0.3 is 15.4 Å². The molecule has 1 aromatic heterocycles. The number of carbonyl (C=O) groups is 1. The van der Waals surface area contributed by atoms with Crippen LogP contribution in [0.1, 0.15) is 28.5 Å². The zero-order chi connectivity index (χ0) is 19.1. The summed E-state index contributed by atoms with van der Waals surface area (Å²) in [6.45, 7) is 2.71. The maximum atomic E-state index is 12.6. The molecule has 3 rings (SSSR count). The Balaban J connectivity index is 1.66. The quantitative estimate of drug-likeness (QED) is 0.650. The van der Waals surface area contributed by atoms with Gasteiger partial charge in [0.05, 0.1) is 7.11 Å². The largest absolute Gasteiger partial charge is 0.497 e. The van der Waals surface area contributed by atoms with E-state index in [0.29, 0.717) is 12.2 Å². The van der Waals surface area contributed by atoms with Gasteiger partial charge in [0.25, 0.3) is 5.91 Å². The number of anilines is 2. The number of hydrogen-bond acceptors (Lipinski definition) is 4. The molecular weight excluding hydrogens is 338 g/mol. The lowest BCUT2D eigenvalue weighted by atomic mass is 10.1. The van der Waals surface area contributed by atoms with Gasteiger partial charge in [-0.1, -0.05) is 37.3 Å². The molecule has 0 saturated carbocycles. The summed E-state index contributed by atoms with van der Waals surface area (Å²) in [7, 11) is 1.65. The second kappa shape index (κ2) is 8.85. The minimum absolute atomic E-state index is 0.219. The molecule has 0 aliphatic heterocycles. The predicted octanol–water partition coefficient (Wildman–Crippen LogP) is 4.52. The van der Waals surface area contributed by atoms with Gasteiger partial charge in [-0.15, -0.1) is 0 Å². The van der Waals surface area contributed by atoms with E-state index in [1.807, 2.05) is 54.6 Å². The van der Waals surface area contributed by atoms with Gasteiger partial charge in [0.15, 0.2) is 0 Å². The van der Waals surface area contributed by atoms with E-state index in [-0.39, 0.29) is 5.91 Å².